The van der Waals surface area contributed by atoms with E-state index in [-0.39, 0.29) is 11.7 Å². The molecule has 2 heterocycles. The van der Waals surface area contributed by atoms with Crippen LogP contribution in [0.3, 0.4) is 0 Å². The summed E-state index contributed by atoms with van der Waals surface area (Å²) in [5.41, 5.74) is 3.17. The van der Waals surface area contributed by atoms with Gasteiger partial charge in [0.25, 0.3) is 5.91 Å². The number of hydrogen-bond acceptors (Lipinski definition) is 4. The molecule has 5 nitrogen and oxygen atoms in total. The zero-order valence-corrected chi connectivity index (χ0v) is 14.3. The maximum absolute atomic E-state index is 13.2. The Kier molecular flexibility index (Phi) is 3.34. The van der Waals surface area contributed by atoms with Gasteiger partial charge in [0.1, 0.15) is 23.2 Å². The van der Waals surface area contributed by atoms with Crippen LogP contribution in [0, 0.1) is 0 Å². The van der Waals surface area contributed by atoms with E-state index in [1.54, 1.807) is 12.1 Å². The summed E-state index contributed by atoms with van der Waals surface area (Å²) in [6, 6.07) is 13.2. The molecule has 1 aliphatic carbocycles. The van der Waals surface area contributed by atoms with Crippen molar-refractivity contribution in [2.24, 2.45) is 0 Å². The van der Waals surface area contributed by atoms with Crippen LogP contribution in [0.15, 0.2) is 53.1 Å². The minimum absolute atomic E-state index is 0.0542. The van der Waals surface area contributed by atoms with Gasteiger partial charge in [0.15, 0.2) is 0 Å². The first-order valence-electron chi connectivity index (χ1n) is 8.88. The van der Waals surface area contributed by atoms with Crippen molar-refractivity contribution >= 4 is 16.9 Å². The topological polar surface area (TPSA) is 62.9 Å². The number of aromatic hydroxyl groups is 1. The molecular formula is C21H19NO4. The molecule has 1 N–H and O–H groups in total. The summed E-state index contributed by atoms with van der Waals surface area (Å²) in [6.07, 6.45) is 3.36. The van der Waals surface area contributed by atoms with E-state index in [1.165, 1.54) is 23.5 Å². The molecule has 0 bridgehead atoms. The monoisotopic (exact) mass is 349 g/mol. The van der Waals surface area contributed by atoms with E-state index < -0.39 is 5.60 Å². The lowest BCUT2D eigenvalue weighted by Gasteiger charge is -2.41. The van der Waals surface area contributed by atoms with E-state index in [4.69, 9.17) is 9.15 Å². The van der Waals surface area contributed by atoms with Crippen LogP contribution < -0.4 is 0 Å². The molecular weight excluding hydrogens is 330 g/mol. The average Bonchev–Trinajstić information content (AvgIpc) is 3.23. The fraction of sp³-hybridized carbons (Fsp3) is 0.286. The number of amides is 1. The Morgan fingerprint density at radius 1 is 1.19 bits per heavy atom. The van der Waals surface area contributed by atoms with Crippen molar-refractivity contribution in [2.75, 3.05) is 19.7 Å². The summed E-state index contributed by atoms with van der Waals surface area (Å²) in [7, 11) is 0. The van der Waals surface area contributed by atoms with E-state index in [0.29, 0.717) is 30.8 Å². The van der Waals surface area contributed by atoms with Crippen LogP contribution in [0.1, 0.15) is 27.9 Å². The number of carbonyl (C=O) groups is 1. The van der Waals surface area contributed by atoms with Gasteiger partial charge in [-0.05, 0) is 36.1 Å². The van der Waals surface area contributed by atoms with Crippen LogP contribution in [0.5, 0.6) is 5.75 Å². The maximum atomic E-state index is 13.2. The quantitative estimate of drug-likeness (QED) is 0.731. The fourth-order valence-corrected chi connectivity index (χ4v) is 4.28. The van der Waals surface area contributed by atoms with Crippen LogP contribution in [0.25, 0.3) is 11.0 Å². The predicted molar refractivity (Wildman–Crippen MR) is 96.2 cm³/mol. The third-order valence-electron chi connectivity index (χ3n) is 5.57. The molecule has 2 aromatic carbocycles. The first kappa shape index (κ1) is 15.5. The molecule has 1 fully saturated rings. The lowest BCUT2D eigenvalue weighted by Crippen LogP contribution is -2.51. The van der Waals surface area contributed by atoms with Gasteiger partial charge in [0, 0.05) is 18.0 Å². The smallest absolute Gasteiger partial charge is 0.257 e. The summed E-state index contributed by atoms with van der Waals surface area (Å²) in [5.74, 6) is 0.0697. The summed E-state index contributed by atoms with van der Waals surface area (Å²) in [6.45, 7) is 1.64. The van der Waals surface area contributed by atoms with Crippen LogP contribution in [-0.4, -0.2) is 35.6 Å². The normalized spacial score (nSPS) is 22.1. The lowest BCUT2D eigenvalue weighted by atomic mass is 9.93. The van der Waals surface area contributed by atoms with E-state index in [0.717, 1.165) is 18.2 Å². The molecule has 132 valence electrons. The number of carbonyl (C=O) groups excluding carboxylic acids is 1. The highest BCUT2D eigenvalue weighted by Gasteiger charge is 2.44. The second-order valence-corrected chi connectivity index (χ2v) is 7.06. The molecule has 5 heteroatoms. The Hall–Kier alpha value is -2.79. The minimum atomic E-state index is -0.400. The number of morpholine rings is 1. The van der Waals surface area contributed by atoms with E-state index >= 15 is 0 Å². The van der Waals surface area contributed by atoms with Crippen molar-refractivity contribution in [2.45, 2.75) is 18.4 Å². The number of rotatable bonds is 1. The molecule has 26 heavy (non-hydrogen) atoms. The number of fused-ring (bicyclic) bond motifs is 3. The SMILES string of the molecule is O=C(c1coc2cc(O)ccc12)N1CCOC2(CCc3ccccc32)C1. The van der Waals surface area contributed by atoms with Gasteiger partial charge in [0.2, 0.25) is 0 Å². The van der Waals surface area contributed by atoms with Gasteiger partial charge in [-0.3, -0.25) is 4.79 Å². The molecule has 3 aromatic rings. The summed E-state index contributed by atoms with van der Waals surface area (Å²) >= 11 is 0. The Bertz CT molecular complexity index is 1000. The molecule has 1 unspecified atom stereocenters. The van der Waals surface area contributed by atoms with Crippen molar-refractivity contribution < 1.29 is 19.1 Å². The molecule has 0 radical (unpaired) electrons. The van der Waals surface area contributed by atoms with Crippen molar-refractivity contribution in [1.29, 1.82) is 0 Å². The largest absolute Gasteiger partial charge is 0.508 e. The van der Waals surface area contributed by atoms with Crippen molar-refractivity contribution in [3.05, 3.63) is 65.4 Å². The van der Waals surface area contributed by atoms with Crippen LogP contribution in [-0.2, 0) is 16.8 Å². The number of hydrogen-bond donors (Lipinski definition) is 1. The molecule has 0 saturated carbocycles. The van der Waals surface area contributed by atoms with Gasteiger partial charge in [0.05, 0.1) is 18.7 Å². The molecule has 1 aliphatic heterocycles. The Balaban J connectivity index is 1.48. The van der Waals surface area contributed by atoms with Gasteiger partial charge in [-0.1, -0.05) is 24.3 Å². The van der Waals surface area contributed by atoms with E-state index in [9.17, 15) is 9.90 Å². The summed E-state index contributed by atoms with van der Waals surface area (Å²) < 4.78 is 11.7. The number of benzene rings is 2. The highest BCUT2D eigenvalue weighted by Crippen LogP contribution is 2.42. The second-order valence-electron chi connectivity index (χ2n) is 7.06. The first-order valence-corrected chi connectivity index (χ1v) is 8.88. The number of aryl methyl sites for hydroxylation is 1. The maximum Gasteiger partial charge on any atom is 0.257 e. The number of phenolic OH excluding ortho intramolecular Hbond substituents is 1. The van der Waals surface area contributed by atoms with Crippen molar-refractivity contribution in [3.63, 3.8) is 0 Å². The predicted octanol–water partition coefficient (Wildman–Crippen LogP) is 3.45. The van der Waals surface area contributed by atoms with Gasteiger partial charge >= 0.3 is 0 Å². The zero-order valence-electron chi connectivity index (χ0n) is 14.3. The number of phenols is 1. The molecule has 1 spiro atoms. The number of nitrogens with zero attached hydrogens (tertiary/aromatic N) is 1. The number of furan rings is 1. The standard InChI is InChI=1S/C21H19NO4/c23-15-5-6-16-17(12-25-19(16)11-15)20(24)22-9-10-26-21(13-22)8-7-14-3-1-2-4-18(14)21/h1-6,11-12,23H,7-10,13H2. The van der Waals surface area contributed by atoms with Crippen molar-refractivity contribution in [3.8, 4) is 5.75 Å². The lowest BCUT2D eigenvalue weighted by molar-refractivity contribution is -0.103. The molecule has 1 saturated heterocycles. The van der Waals surface area contributed by atoms with E-state index in [1.807, 2.05) is 11.0 Å². The molecule has 1 amide bonds. The van der Waals surface area contributed by atoms with Crippen molar-refractivity contribution in [1.82, 2.24) is 4.90 Å². The van der Waals surface area contributed by atoms with Gasteiger partial charge < -0.3 is 19.2 Å². The van der Waals surface area contributed by atoms with Gasteiger partial charge in [-0.2, -0.15) is 0 Å². The molecule has 2 aliphatic rings. The average molecular weight is 349 g/mol. The second kappa shape index (κ2) is 5.61. The number of ether oxygens (including phenoxy) is 1. The molecule has 1 atom stereocenters. The molecule has 1 aromatic heterocycles. The summed E-state index contributed by atoms with van der Waals surface area (Å²) in [4.78, 5) is 15.0. The highest BCUT2D eigenvalue weighted by atomic mass is 16.5. The Labute approximate surface area is 150 Å². The van der Waals surface area contributed by atoms with Gasteiger partial charge in [-0.25, -0.2) is 0 Å². The van der Waals surface area contributed by atoms with E-state index in [2.05, 4.69) is 18.2 Å². The third kappa shape index (κ3) is 2.24. The third-order valence-corrected chi connectivity index (χ3v) is 5.57. The van der Waals surface area contributed by atoms with Gasteiger partial charge in [-0.15, -0.1) is 0 Å². The Morgan fingerprint density at radius 3 is 3.00 bits per heavy atom. The highest BCUT2D eigenvalue weighted by molar-refractivity contribution is 6.06. The van der Waals surface area contributed by atoms with Crippen LogP contribution in [0.4, 0.5) is 0 Å². The van der Waals surface area contributed by atoms with Crippen LogP contribution in [0.2, 0.25) is 0 Å². The molecule has 5 rings (SSSR count). The first-order chi connectivity index (χ1) is 12.7. The van der Waals surface area contributed by atoms with Crippen LogP contribution >= 0.6 is 0 Å². The Morgan fingerprint density at radius 2 is 2.08 bits per heavy atom. The summed E-state index contributed by atoms with van der Waals surface area (Å²) in [5, 5.41) is 10.3. The minimum Gasteiger partial charge on any atom is -0.508 e. The fourth-order valence-electron chi connectivity index (χ4n) is 4.28. The zero-order chi connectivity index (χ0) is 17.7.